The maximum Gasteiger partial charge on any atom is 0.257 e. The van der Waals surface area contributed by atoms with E-state index in [4.69, 9.17) is 0 Å². The van der Waals surface area contributed by atoms with Crippen LogP contribution in [0, 0.1) is 6.92 Å². The van der Waals surface area contributed by atoms with E-state index in [9.17, 15) is 4.79 Å². The van der Waals surface area contributed by atoms with Gasteiger partial charge in [0.05, 0.1) is 11.3 Å². The van der Waals surface area contributed by atoms with Crippen LogP contribution in [-0.4, -0.2) is 20.7 Å². The van der Waals surface area contributed by atoms with Crippen LogP contribution < -0.4 is 5.32 Å². The van der Waals surface area contributed by atoms with Gasteiger partial charge in [-0.1, -0.05) is 32.0 Å². The molecule has 0 saturated heterocycles. The first-order valence-corrected chi connectivity index (χ1v) is 8.26. The minimum atomic E-state index is -0.136. The molecule has 0 radical (unpaired) electrons. The fourth-order valence-electron chi connectivity index (χ4n) is 3.02. The SMILES string of the molecule is CCc1cccc(CC)c1NC(=O)c1cnc2c(c1)c(C)nn2C. The minimum absolute atomic E-state index is 0.136. The number of nitrogens with zero attached hydrogens (tertiary/aromatic N) is 3. The Morgan fingerprint density at radius 3 is 2.50 bits per heavy atom. The monoisotopic (exact) mass is 322 g/mol. The van der Waals surface area contributed by atoms with Gasteiger partial charge < -0.3 is 5.32 Å². The van der Waals surface area contributed by atoms with Crippen LogP contribution in [-0.2, 0) is 19.9 Å². The number of hydrogen-bond acceptors (Lipinski definition) is 3. The molecule has 3 aromatic rings. The van der Waals surface area contributed by atoms with Crippen LogP contribution in [0.3, 0.4) is 0 Å². The Labute approximate surface area is 141 Å². The molecule has 0 saturated carbocycles. The number of aryl methyl sites for hydroxylation is 4. The molecule has 1 aromatic carbocycles. The molecule has 5 heteroatoms. The normalized spacial score (nSPS) is 11.0. The summed E-state index contributed by atoms with van der Waals surface area (Å²) in [6.45, 7) is 6.11. The van der Waals surface area contributed by atoms with E-state index in [1.165, 1.54) is 0 Å². The molecule has 24 heavy (non-hydrogen) atoms. The van der Waals surface area contributed by atoms with E-state index >= 15 is 0 Å². The second-order valence-electron chi connectivity index (χ2n) is 5.92. The van der Waals surface area contributed by atoms with Crippen LogP contribution in [0.15, 0.2) is 30.5 Å². The highest BCUT2D eigenvalue weighted by molar-refractivity contribution is 6.06. The molecule has 1 N–H and O–H groups in total. The number of hydrogen-bond donors (Lipinski definition) is 1. The van der Waals surface area contributed by atoms with Gasteiger partial charge in [0.1, 0.15) is 0 Å². The molecule has 2 aromatic heterocycles. The van der Waals surface area contributed by atoms with Crippen LogP contribution in [0.25, 0.3) is 11.0 Å². The highest BCUT2D eigenvalue weighted by atomic mass is 16.1. The number of fused-ring (bicyclic) bond motifs is 1. The summed E-state index contributed by atoms with van der Waals surface area (Å²) in [4.78, 5) is 17.1. The van der Waals surface area contributed by atoms with Gasteiger partial charge in [0.25, 0.3) is 5.91 Å². The lowest BCUT2D eigenvalue weighted by atomic mass is 10.0. The maximum atomic E-state index is 12.7. The maximum absolute atomic E-state index is 12.7. The lowest BCUT2D eigenvalue weighted by Gasteiger charge is -2.14. The van der Waals surface area contributed by atoms with Crippen molar-refractivity contribution in [2.24, 2.45) is 7.05 Å². The Balaban J connectivity index is 1.97. The number of nitrogens with one attached hydrogen (secondary N) is 1. The third-order valence-corrected chi connectivity index (χ3v) is 4.36. The summed E-state index contributed by atoms with van der Waals surface area (Å²) in [6.07, 6.45) is 3.36. The largest absolute Gasteiger partial charge is 0.321 e. The summed E-state index contributed by atoms with van der Waals surface area (Å²) in [6, 6.07) is 8.02. The average molecular weight is 322 g/mol. The number of anilines is 1. The third-order valence-electron chi connectivity index (χ3n) is 4.36. The van der Waals surface area contributed by atoms with Crippen molar-refractivity contribution in [3.63, 3.8) is 0 Å². The topological polar surface area (TPSA) is 59.8 Å². The van der Waals surface area contributed by atoms with Crippen LogP contribution in [0.1, 0.15) is 41.0 Å². The van der Waals surface area contributed by atoms with E-state index in [1.54, 1.807) is 10.9 Å². The molecule has 1 amide bonds. The van der Waals surface area contributed by atoms with Gasteiger partial charge in [-0.25, -0.2) is 4.98 Å². The highest BCUT2D eigenvalue weighted by Gasteiger charge is 2.14. The molecule has 0 aliphatic heterocycles. The molecule has 0 atom stereocenters. The van der Waals surface area contributed by atoms with E-state index in [2.05, 4.69) is 41.4 Å². The number of para-hydroxylation sites is 1. The number of carbonyl (C=O) groups excluding carboxylic acids is 1. The van der Waals surface area contributed by atoms with Crippen LogP contribution in [0.2, 0.25) is 0 Å². The molecule has 0 bridgehead atoms. The van der Waals surface area contributed by atoms with Gasteiger partial charge in [0.15, 0.2) is 5.65 Å². The van der Waals surface area contributed by atoms with Crippen molar-refractivity contribution < 1.29 is 4.79 Å². The summed E-state index contributed by atoms with van der Waals surface area (Å²) >= 11 is 0. The van der Waals surface area contributed by atoms with Gasteiger partial charge in [-0.05, 0) is 37.0 Å². The number of carbonyl (C=O) groups is 1. The zero-order valence-electron chi connectivity index (χ0n) is 14.6. The third kappa shape index (κ3) is 2.77. The van der Waals surface area contributed by atoms with E-state index in [1.807, 2.05) is 26.1 Å². The number of pyridine rings is 1. The van der Waals surface area contributed by atoms with Gasteiger partial charge in [-0.2, -0.15) is 5.10 Å². The summed E-state index contributed by atoms with van der Waals surface area (Å²) in [5.74, 6) is -0.136. The Morgan fingerprint density at radius 2 is 1.88 bits per heavy atom. The molecule has 5 nitrogen and oxygen atoms in total. The van der Waals surface area contributed by atoms with Crippen molar-refractivity contribution in [1.29, 1.82) is 0 Å². The Kier molecular flexibility index (Phi) is 4.34. The first kappa shape index (κ1) is 16.2. The lowest BCUT2D eigenvalue weighted by molar-refractivity contribution is 0.102. The second-order valence-corrected chi connectivity index (χ2v) is 5.92. The molecule has 0 aliphatic rings. The zero-order valence-corrected chi connectivity index (χ0v) is 14.6. The van der Waals surface area contributed by atoms with Crippen molar-refractivity contribution in [3.05, 3.63) is 52.8 Å². The number of rotatable bonds is 4. The summed E-state index contributed by atoms with van der Waals surface area (Å²) in [5, 5.41) is 8.34. The van der Waals surface area contributed by atoms with Crippen molar-refractivity contribution >= 4 is 22.6 Å². The average Bonchev–Trinajstić information content (AvgIpc) is 2.88. The van der Waals surface area contributed by atoms with Gasteiger partial charge in [0.2, 0.25) is 0 Å². The highest BCUT2D eigenvalue weighted by Crippen LogP contribution is 2.24. The standard InChI is InChI=1S/C19H22N4O/c1-5-13-8-7-9-14(6-2)17(13)21-19(24)15-10-16-12(3)22-23(4)18(16)20-11-15/h7-11H,5-6H2,1-4H3,(H,21,24). The van der Waals surface area contributed by atoms with Gasteiger partial charge in [-0.15, -0.1) is 0 Å². The molecular weight excluding hydrogens is 300 g/mol. The first-order chi connectivity index (χ1) is 11.5. The predicted molar refractivity (Wildman–Crippen MR) is 96.4 cm³/mol. The zero-order chi connectivity index (χ0) is 17.3. The fraction of sp³-hybridized carbons (Fsp3) is 0.316. The smallest absolute Gasteiger partial charge is 0.257 e. The van der Waals surface area contributed by atoms with Crippen LogP contribution >= 0.6 is 0 Å². The van der Waals surface area contributed by atoms with Gasteiger partial charge in [-0.3, -0.25) is 9.48 Å². The molecule has 2 heterocycles. The predicted octanol–water partition coefficient (Wildman–Crippen LogP) is 3.65. The molecule has 0 fully saturated rings. The minimum Gasteiger partial charge on any atom is -0.321 e. The molecule has 124 valence electrons. The lowest BCUT2D eigenvalue weighted by Crippen LogP contribution is -2.15. The molecule has 0 unspecified atom stereocenters. The number of benzene rings is 1. The molecule has 3 rings (SSSR count). The second kappa shape index (κ2) is 6.43. The Morgan fingerprint density at radius 1 is 1.21 bits per heavy atom. The quantitative estimate of drug-likeness (QED) is 0.797. The van der Waals surface area contributed by atoms with E-state index < -0.39 is 0 Å². The fourth-order valence-corrected chi connectivity index (χ4v) is 3.02. The number of amides is 1. The Hall–Kier alpha value is -2.69. The van der Waals surface area contributed by atoms with Crippen molar-refractivity contribution in [2.45, 2.75) is 33.6 Å². The van der Waals surface area contributed by atoms with E-state index in [0.717, 1.165) is 46.4 Å². The molecule has 0 aliphatic carbocycles. The van der Waals surface area contributed by atoms with Gasteiger partial charge in [0, 0.05) is 24.3 Å². The summed E-state index contributed by atoms with van der Waals surface area (Å²) in [5.41, 5.74) is 5.43. The first-order valence-electron chi connectivity index (χ1n) is 8.26. The van der Waals surface area contributed by atoms with Crippen LogP contribution in [0.4, 0.5) is 5.69 Å². The van der Waals surface area contributed by atoms with Crippen LogP contribution in [0.5, 0.6) is 0 Å². The number of aromatic nitrogens is 3. The van der Waals surface area contributed by atoms with E-state index in [0.29, 0.717) is 5.56 Å². The van der Waals surface area contributed by atoms with Crippen molar-refractivity contribution in [3.8, 4) is 0 Å². The molecular formula is C19H22N4O. The molecule has 0 spiro atoms. The van der Waals surface area contributed by atoms with E-state index in [-0.39, 0.29) is 5.91 Å². The Bertz CT molecular complexity index is 889. The van der Waals surface area contributed by atoms with Gasteiger partial charge >= 0.3 is 0 Å². The van der Waals surface area contributed by atoms with Crippen molar-refractivity contribution in [2.75, 3.05) is 5.32 Å². The summed E-state index contributed by atoms with van der Waals surface area (Å²) < 4.78 is 1.73. The summed E-state index contributed by atoms with van der Waals surface area (Å²) in [7, 11) is 1.85. The van der Waals surface area contributed by atoms with Crippen molar-refractivity contribution in [1.82, 2.24) is 14.8 Å².